The monoisotopic (exact) mass is 293 g/mol. The third-order valence-corrected chi connectivity index (χ3v) is 4.72. The largest absolute Gasteiger partial charge is 0.241 e. The van der Waals surface area contributed by atoms with Gasteiger partial charge in [-0.15, -0.1) is 0 Å². The maximum absolute atomic E-state index is 4.25. The summed E-state index contributed by atoms with van der Waals surface area (Å²) < 4.78 is 4.28. The molecular formula is C17H15N3S. The summed E-state index contributed by atoms with van der Waals surface area (Å²) in [5.41, 5.74) is 3.85. The van der Waals surface area contributed by atoms with E-state index in [2.05, 4.69) is 57.9 Å². The summed E-state index contributed by atoms with van der Waals surface area (Å²) in [6.45, 7) is 1.97. The molecule has 1 aliphatic rings. The van der Waals surface area contributed by atoms with Crippen LogP contribution in [0, 0.1) is 0 Å². The lowest BCUT2D eigenvalue weighted by molar-refractivity contribution is 0.475. The fourth-order valence-corrected chi connectivity index (χ4v) is 3.64. The van der Waals surface area contributed by atoms with Crippen LogP contribution in [0.5, 0.6) is 0 Å². The highest BCUT2D eigenvalue weighted by atomic mass is 32.2. The Balaban J connectivity index is 1.47. The molecule has 0 bridgehead atoms. The van der Waals surface area contributed by atoms with Crippen LogP contribution in [0.15, 0.2) is 71.9 Å². The summed E-state index contributed by atoms with van der Waals surface area (Å²) >= 11 is 1.85. The molecule has 3 nitrogen and oxygen atoms in total. The van der Waals surface area contributed by atoms with Crippen LogP contribution >= 0.6 is 11.9 Å². The molecule has 0 spiro atoms. The van der Waals surface area contributed by atoms with Gasteiger partial charge in [0.15, 0.2) is 0 Å². The zero-order valence-electron chi connectivity index (χ0n) is 11.5. The van der Waals surface area contributed by atoms with Crippen LogP contribution in [0.4, 0.5) is 0 Å². The number of benzene rings is 2. The molecule has 1 aromatic heterocycles. The lowest BCUT2D eigenvalue weighted by Gasteiger charge is -2.13. The predicted octanol–water partition coefficient (Wildman–Crippen LogP) is 3.90. The van der Waals surface area contributed by atoms with Crippen LogP contribution in [-0.2, 0) is 13.1 Å². The van der Waals surface area contributed by atoms with Gasteiger partial charge in [-0.1, -0.05) is 30.3 Å². The first-order chi connectivity index (χ1) is 10.4. The Bertz CT molecular complexity index is 710. The minimum Gasteiger partial charge on any atom is -0.241 e. The van der Waals surface area contributed by atoms with Gasteiger partial charge in [0.05, 0.1) is 5.69 Å². The minimum absolute atomic E-state index is 0.957. The molecule has 0 amide bonds. The standard InChI is InChI=1S/C17H15N3S/c1-2-5-17-15(4-1)13-19(21-17)12-14-6-8-16(9-7-14)20-11-3-10-18-20/h1-11H,12-13H2. The Morgan fingerprint density at radius 2 is 1.86 bits per heavy atom. The maximum atomic E-state index is 4.25. The van der Waals surface area contributed by atoms with E-state index in [0.29, 0.717) is 0 Å². The first kappa shape index (κ1) is 12.7. The molecule has 0 unspecified atom stereocenters. The SMILES string of the molecule is c1ccc2c(c1)CN(Cc1ccc(-n3cccn3)cc1)S2. The van der Waals surface area contributed by atoms with E-state index in [9.17, 15) is 0 Å². The van der Waals surface area contributed by atoms with E-state index >= 15 is 0 Å². The van der Waals surface area contributed by atoms with Crippen molar-refractivity contribution in [1.82, 2.24) is 14.1 Å². The Labute approximate surface area is 128 Å². The molecule has 21 heavy (non-hydrogen) atoms. The Morgan fingerprint density at radius 3 is 2.62 bits per heavy atom. The van der Waals surface area contributed by atoms with Crippen molar-refractivity contribution < 1.29 is 0 Å². The predicted molar refractivity (Wildman–Crippen MR) is 85.1 cm³/mol. The first-order valence-corrected chi connectivity index (χ1v) is 7.76. The van der Waals surface area contributed by atoms with Gasteiger partial charge in [-0.25, -0.2) is 8.99 Å². The average Bonchev–Trinajstić information content (AvgIpc) is 3.17. The van der Waals surface area contributed by atoms with Gasteiger partial charge in [0.25, 0.3) is 0 Å². The van der Waals surface area contributed by atoms with Gasteiger partial charge in [0.2, 0.25) is 0 Å². The van der Waals surface area contributed by atoms with E-state index in [1.807, 2.05) is 28.9 Å². The molecule has 4 rings (SSSR count). The van der Waals surface area contributed by atoms with Crippen molar-refractivity contribution in [3.05, 3.63) is 78.1 Å². The number of hydrogen-bond acceptors (Lipinski definition) is 3. The van der Waals surface area contributed by atoms with Gasteiger partial charge in [-0.2, -0.15) is 5.10 Å². The van der Waals surface area contributed by atoms with Gasteiger partial charge in [-0.05, 0) is 47.3 Å². The number of aromatic nitrogens is 2. The molecule has 104 valence electrons. The van der Waals surface area contributed by atoms with Gasteiger partial charge in [0.1, 0.15) is 0 Å². The van der Waals surface area contributed by atoms with E-state index in [-0.39, 0.29) is 0 Å². The lowest BCUT2D eigenvalue weighted by atomic mass is 10.2. The summed E-state index contributed by atoms with van der Waals surface area (Å²) in [6.07, 6.45) is 3.76. The summed E-state index contributed by atoms with van der Waals surface area (Å²) in [7, 11) is 0. The van der Waals surface area contributed by atoms with Crippen LogP contribution in [0.2, 0.25) is 0 Å². The van der Waals surface area contributed by atoms with Crippen molar-refractivity contribution in [1.29, 1.82) is 0 Å². The molecular weight excluding hydrogens is 278 g/mol. The molecule has 0 saturated heterocycles. The van der Waals surface area contributed by atoms with Crippen molar-refractivity contribution in [2.24, 2.45) is 0 Å². The van der Waals surface area contributed by atoms with Gasteiger partial charge in [0, 0.05) is 30.4 Å². The third-order valence-electron chi connectivity index (χ3n) is 3.61. The first-order valence-electron chi connectivity index (χ1n) is 6.98. The minimum atomic E-state index is 0.957. The molecule has 0 saturated carbocycles. The van der Waals surface area contributed by atoms with Crippen LogP contribution in [0.3, 0.4) is 0 Å². The van der Waals surface area contributed by atoms with Crippen molar-refractivity contribution >= 4 is 11.9 Å². The van der Waals surface area contributed by atoms with Crippen LogP contribution in [0.1, 0.15) is 11.1 Å². The second-order valence-corrected chi connectivity index (χ2v) is 6.25. The summed E-state index contributed by atoms with van der Waals surface area (Å²) in [5, 5.41) is 4.25. The molecule has 0 radical (unpaired) electrons. The topological polar surface area (TPSA) is 21.1 Å². The number of nitrogens with zero attached hydrogens (tertiary/aromatic N) is 3. The Hall–Kier alpha value is -2.04. The lowest BCUT2D eigenvalue weighted by Crippen LogP contribution is -2.09. The van der Waals surface area contributed by atoms with Crippen molar-refractivity contribution in [2.75, 3.05) is 0 Å². The Morgan fingerprint density at radius 1 is 1.00 bits per heavy atom. The van der Waals surface area contributed by atoms with Gasteiger partial charge in [-0.3, -0.25) is 0 Å². The molecule has 0 fully saturated rings. The van der Waals surface area contributed by atoms with Crippen LogP contribution in [-0.4, -0.2) is 14.1 Å². The van der Waals surface area contributed by atoms with E-state index < -0.39 is 0 Å². The molecule has 0 N–H and O–H groups in total. The maximum Gasteiger partial charge on any atom is 0.0645 e. The molecule has 4 heteroatoms. The van der Waals surface area contributed by atoms with E-state index in [1.54, 1.807) is 6.20 Å². The number of rotatable bonds is 3. The molecule has 0 aliphatic carbocycles. The van der Waals surface area contributed by atoms with E-state index in [1.165, 1.54) is 16.0 Å². The zero-order chi connectivity index (χ0) is 14.1. The van der Waals surface area contributed by atoms with Gasteiger partial charge < -0.3 is 0 Å². The summed E-state index contributed by atoms with van der Waals surface area (Å²) in [6, 6.07) is 19.2. The molecule has 3 aromatic rings. The van der Waals surface area contributed by atoms with Crippen molar-refractivity contribution in [3.63, 3.8) is 0 Å². The summed E-state index contributed by atoms with van der Waals surface area (Å²) in [4.78, 5) is 1.38. The van der Waals surface area contributed by atoms with Crippen LogP contribution < -0.4 is 0 Å². The van der Waals surface area contributed by atoms with E-state index in [4.69, 9.17) is 0 Å². The van der Waals surface area contributed by atoms with Crippen LogP contribution in [0.25, 0.3) is 5.69 Å². The quantitative estimate of drug-likeness (QED) is 0.684. The van der Waals surface area contributed by atoms with E-state index in [0.717, 1.165) is 18.8 Å². The average molecular weight is 293 g/mol. The van der Waals surface area contributed by atoms with Gasteiger partial charge >= 0.3 is 0 Å². The molecule has 2 aromatic carbocycles. The Kier molecular flexibility index (Phi) is 3.25. The third kappa shape index (κ3) is 2.60. The normalized spacial score (nSPS) is 14.3. The smallest absolute Gasteiger partial charge is 0.0645 e. The fraction of sp³-hybridized carbons (Fsp3) is 0.118. The summed E-state index contributed by atoms with van der Waals surface area (Å²) in [5.74, 6) is 0. The van der Waals surface area contributed by atoms with Crippen molar-refractivity contribution in [2.45, 2.75) is 18.0 Å². The molecule has 1 aliphatic heterocycles. The molecule has 0 atom stereocenters. The highest BCUT2D eigenvalue weighted by molar-refractivity contribution is 7.97. The highest BCUT2D eigenvalue weighted by Gasteiger charge is 2.19. The highest BCUT2D eigenvalue weighted by Crippen LogP contribution is 2.36. The second kappa shape index (κ2) is 5.39. The fourth-order valence-electron chi connectivity index (χ4n) is 2.55. The van der Waals surface area contributed by atoms with Crippen molar-refractivity contribution in [3.8, 4) is 5.69 Å². The second-order valence-electron chi connectivity index (χ2n) is 5.11. The zero-order valence-corrected chi connectivity index (χ0v) is 12.3. The molecule has 2 heterocycles. The number of hydrogen-bond donors (Lipinski definition) is 0. The number of fused-ring (bicyclic) bond motifs is 1.